The molecule has 0 fully saturated rings. The van der Waals surface area contributed by atoms with Crippen LogP contribution in [0.5, 0.6) is 0 Å². The summed E-state index contributed by atoms with van der Waals surface area (Å²) < 4.78 is 39.1. The molecule has 0 aliphatic rings. The summed E-state index contributed by atoms with van der Waals surface area (Å²) in [5.74, 6) is -0.590. The molecule has 0 heterocycles. The summed E-state index contributed by atoms with van der Waals surface area (Å²) in [7, 11) is -2.33. The second-order valence-corrected chi connectivity index (χ2v) is 6.50. The van der Waals surface area contributed by atoms with E-state index in [4.69, 9.17) is 5.73 Å². The van der Waals surface area contributed by atoms with Crippen molar-refractivity contribution >= 4 is 15.7 Å². The van der Waals surface area contributed by atoms with Gasteiger partial charge in [-0.3, -0.25) is 0 Å². The van der Waals surface area contributed by atoms with Gasteiger partial charge in [-0.1, -0.05) is 20.3 Å². The van der Waals surface area contributed by atoms with E-state index in [1.54, 1.807) is 0 Å². The van der Waals surface area contributed by atoms with Crippen molar-refractivity contribution in [1.29, 1.82) is 0 Å². The van der Waals surface area contributed by atoms with Crippen LogP contribution in [0.25, 0.3) is 0 Å². The minimum atomic E-state index is -3.79. The molecule has 1 unspecified atom stereocenters. The minimum absolute atomic E-state index is 0.205. The minimum Gasteiger partial charge on any atom is -0.399 e. The standard InChI is InChI=1S/C12H19FN2O2S/c1-4-9(2)8-15(3)18(16,17)12-6-5-10(14)7-11(12)13/h5-7,9H,4,8,14H2,1-3H3. The maximum Gasteiger partial charge on any atom is 0.245 e. The van der Waals surface area contributed by atoms with Crippen molar-refractivity contribution in [2.24, 2.45) is 5.92 Å². The van der Waals surface area contributed by atoms with E-state index in [0.717, 1.165) is 12.5 Å². The number of anilines is 1. The number of rotatable bonds is 5. The van der Waals surface area contributed by atoms with Crippen molar-refractivity contribution in [3.05, 3.63) is 24.0 Å². The summed E-state index contributed by atoms with van der Waals surface area (Å²) in [6, 6.07) is 3.60. The predicted octanol–water partition coefficient (Wildman–Crippen LogP) is 2.07. The average molecular weight is 274 g/mol. The van der Waals surface area contributed by atoms with Gasteiger partial charge in [0.25, 0.3) is 0 Å². The number of sulfonamides is 1. The van der Waals surface area contributed by atoms with Crippen LogP contribution in [-0.4, -0.2) is 26.3 Å². The molecule has 0 bridgehead atoms. The Bertz CT molecular complexity index is 517. The molecule has 18 heavy (non-hydrogen) atoms. The van der Waals surface area contributed by atoms with E-state index < -0.39 is 15.8 Å². The normalized spacial score (nSPS) is 13.8. The summed E-state index contributed by atoms with van der Waals surface area (Å²) in [5, 5.41) is 0. The van der Waals surface area contributed by atoms with Crippen LogP contribution in [0, 0.1) is 11.7 Å². The molecule has 1 aromatic carbocycles. The Balaban J connectivity index is 3.06. The highest BCUT2D eigenvalue weighted by Crippen LogP contribution is 2.21. The number of benzene rings is 1. The zero-order valence-electron chi connectivity index (χ0n) is 10.9. The number of nitrogen functional groups attached to an aromatic ring is 1. The Morgan fingerprint density at radius 2 is 2.06 bits per heavy atom. The molecule has 1 rings (SSSR count). The molecule has 0 amide bonds. The zero-order chi connectivity index (χ0) is 13.9. The molecule has 102 valence electrons. The van der Waals surface area contributed by atoms with Gasteiger partial charge in [0.1, 0.15) is 10.7 Å². The van der Waals surface area contributed by atoms with Crippen molar-refractivity contribution < 1.29 is 12.8 Å². The van der Waals surface area contributed by atoms with Gasteiger partial charge in [-0.25, -0.2) is 17.1 Å². The summed E-state index contributed by atoms with van der Waals surface area (Å²) in [6.07, 6.45) is 0.865. The molecule has 6 heteroatoms. The van der Waals surface area contributed by atoms with E-state index in [1.165, 1.54) is 23.5 Å². The molecule has 0 aromatic heterocycles. The van der Waals surface area contributed by atoms with E-state index in [2.05, 4.69) is 0 Å². The first-order valence-electron chi connectivity index (χ1n) is 5.80. The zero-order valence-corrected chi connectivity index (χ0v) is 11.7. The molecular weight excluding hydrogens is 255 g/mol. The van der Waals surface area contributed by atoms with Crippen molar-refractivity contribution in [3.8, 4) is 0 Å². The summed E-state index contributed by atoms with van der Waals surface area (Å²) in [6.45, 7) is 4.29. The van der Waals surface area contributed by atoms with Crippen LogP contribution < -0.4 is 5.73 Å². The first-order valence-corrected chi connectivity index (χ1v) is 7.24. The molecule has 0 aliphatic heterocycles. The Labute approximate surface area is 108 Å². The molecule has 0 saturated heterocycles. The van der Waals surface area contributed by atoms with Gasteiger partial charge in [-0.05, 0) is 24.1 Å². The van der Waals surface area contributed by atoms with Gasteiger partial charge in [0.2, 0.25) is 10.0 Å². The number of nitrogens with zero attached hydrogens (tertiary/aromatic N) is 1. The topological polar surface area (TPSA) is 63.4 Å². The fourth-order valence-corrected chi connectivity index (χ4v) is 2.89. The fraction of sp³-hybridized carbons (Fsp3) is 0.500. The van der Waals surface area contributed by atoms with Crippen molar-refractivity contribution in [2.45, 2.75) is 25.2 Å². The van der Waals surface area contributed by atoms with Crippen LogP contribution in [0.4, 0.5) is 10.1 Å². The van der Waals surface area contributed by atoms with Crippen LogP contribution >= 0.6 is 0 Å². The second kappa shape index (κ2) is 5.67. The maximum absolute atomic E-state index is 13.6. The molecule has 0 saturated carbocycles. The Morgan fingerprint density at radius 1 is 1.44 bits per heavy atom. The lowest BCUT2D eigenvalue weighted by atomic mass is 10.1. The second-order valence-electron chi connectivity index (χ2n) is 4.49. The van der Waals surface area contributed by atoms with E-state index in [0.29, 0.717) is 6.54 Å². The van der Waals surface area contributed by atoms with Crippen LogP contribution in [0.1, 0.15) is 20.3 Å². The molecule has 0 spiro atoms. The number of hydrogen-bond donors (Lipinski definition) is 1. The lowest BCUT2D eigenvalue weighted by molar-refractivity contribution is 0.391. The largest absolute Gasteiger partial charge is 0.399 e. The highest BCUT2D eigenvalue weighted by molar-refractivity contribution is 7.89. The van der Waals surface area contributed by atoms with Crippen LogP contribution in [0.3, 0.4) is 0 Å². The highest BCUT2D eigenvalue weighted by atomic mass is 32.2. The molecule has 1 atom stereocenters. The summed E-state index contributed by atoms with van der Waals surface area (Å²) >= 11 is 0. The van der Waals surface area contributed by atoms with Crippen LogP contribution in [0.15, 0.2) is 23.1 Å². The predicted molar refractivity (Wildman–Crippen MR) is 70.1 cm³/mol. The summed E-state index contributed by atoms with van der Waals surface area (Å²) in [5.41, 5.74) is 5.61. The first-order chi connectivity index (χ1) is 8.28. The highest BCUT2D eigenvalue weighted by Gasteiger charge is 2.25. The third-order valence-corrected chi connectivity index (χ3v) is 4.77. The number of halogens is 1. The molecule has 0 radical (unpaired) electrons. The van der Waals surface area contributed by atoms with Crippen LogP contribution in [0.2, 0.25) is 0 Å². The SMILES string of the molecule is CCC(C)CN(C)S(=O)(=O)c1ccc(N)cc1F. The molecule has 1 aromatic rings. The van der Waals surface area contributed by atoms with Gasteiger partial charge in [0, 0.05) is 19.3 Å². The van der Waals surface area contributed by atoms with E-state index in [9.17, 15) is 12.8 Å². The quantitative estimate of drug-likeness (QED) is 0.836. The van der Waals surface area contributed by atoms with Gasteiger partial charge in [-0.15, -0.1) is 0 Å². The lowest BCUT2D eigenvalue weighted by Crippen LogP contribution is -2.31. The van der Waals surface area contributed by atoms with Gasteiger partial charge in [0.15, 0.2) is 0 Å². The van der Waals surface area contributed by atoms with Crippen LogP contribution in [-0.2, 0) is 10.0 Å². The first kappa shape index (κ1) is 14.9. The average Bonchev–Trinajstić information content (AvgIpc) is 2.28. The molecule has 4 nitrogen and oxygen atoms in total. The van der Waals surface area contributed by atoms with Crippen molar-refractivity contribution in [2.75, 3.05) is 19.3 Å². The smallest absolute Gasteiger partial charge is 0.245 e. The number of hydrogen-bond acceptors (Lipinski definition) is 3. The molecule has 0 aliphatic carbocycles. The third-order valence-electron chi connectivity index (χ3n) is 2.91. The van der Waals surface area contributed by atoms with Crippen molar-refractivity contribution in [3.63, 3.8) is 0 Å². The monoisotopic (exact) mass is 274 g/mol. The Hall–Kier alpha value is -1.14. The Morgan fingerprint density at radius 3 is 2.56 bits per heavy atom. The lowest BCUT2D eigenvalue weighted by Gasteiger charge is -2.20. The molecule has 2 N–H and O–H groups in total. The van der Waals surface area contributed by atoms with Crippen molar-refractivity contribution in [1.82, 2.24) is 4.31 Å². The fourth-order valence-electron chi connectivity index (χ4n) is 1.56. The van der Waals surface area contributed by atoms with Gasteiger partial charge >= 0.3 is 0 Å². The van der Waals surface area contributed by atoms with Gasteiger partial charge < -0.3 is 5.73 Å². The number of nitrogens with two attached hydrogens (primary N) is 1. The van der Waals surface area contributed by atoms with E-state index >= 15 is 0 Å². The van der Waals surface area contributed by atoms with E-state index in [1.807, 2.05) is 13.8 Å². The Kier molecular flexibility index (Phi) is 4.70. The molecular formula is C12H19FN2O2S. The van der Waals surface area contributed by atoms with Gasteiger partial charge in [-0.2, -0.15) is 0 Å². The van der Waals surface area contributed by atoms with E-state index in [-0.39, 0.29) is 16.5 Å². The maximum atomic E-state index is 13.6. The van der Waals surface area contributed by atoms with Gasteiger partial charge in [0.05, 0.1) is 0 Å². The summed E-state index contributed by atoms with van der Waals surface area (Å²) in [4.78, 5) is -0.331. The third kappa shape index (κ3) is 3.20.